The molecule has 0 bridgehead atoms. The van der Waals surface area contributed by atoms with Gasteiger partial charge >= 0.3 is 6.03 Å². The molecule has 0 heterocycles. The maximum absolute atomic E-state index is 11.5. The van der Waals surface area contributed by atoms with Gasteiger partial charge in [0.05, 0.1) is 6.61 Å². The van der Waals surface area contributed by atoms with E-state index in [1.165, 1.54) is 12.8 Å². The Kier molecular flexibility index (Phi) is 4.41. The van der Waals surface area contributed by atoms with Crippen molar-refractivity contribution in [3.8, 4) is 0 Å². The lowest BCUT2D eigenvalue weighted by Crippen LogP contribution is -2.31. The minimum atomic E-state index is -0.240. The van der Waals surface area contributed by atoms with E-state index in [4.69, 9.17) is 10.5 Å². The highest BCUT2D eigenvalue weighted by Gasteiger charge is 2.20. The Labute approximate surface area is 107 Å². The van der Waals surface area contributed by atoms with E-state index < -0.39 is 0 Å². The molecule has 0 aromatic heterocycles. The number of nitrogens with two attached hydrogens (primary N) is 1. The van der Waals surface area contributed by atoms with E-state index in [0.29, 0.717) is 24.5 Å². The molecule has 1 fully saturated rings. The molecule has 0 unspecified atom stereocenters. The van der Waals surface area contributed by atoms with E-state index in [9.17, 15) is 4.79 Å². The van der Waals surface area contributed by atoms with Crippen molar-refractivity contribution >= 4 is 17.4 Å². The monoisotopic (exact) mass is 249 g/mol. The Morgan fingerprint density at radius 2 is 2.28 bits per heavy atom. The zero-order valence-electron chi connectivity index (χ0n) is 10.3. The molecule has 0 aliphatic heterocycles. The van der Waals surface area contributed by atoms with Crippen molar-refractivity contribution in [1.29, 1.82) is 0 Å². The number of hydrogen-bond acceptors (Lipinski definition) is 3. The van der Waals surface area contributed by atoms with E-state index in [-0.39, 0.29) is 6.03 Å². The van der Waals surface area contributed by atoms with Gasteiger partial charge in [-0.2, -0.15) is 0 Å². The zero-order valence-corrected chi connectivity index (χ0v) is 10.3. The van der Waals surface area contributed by atoms with Crippen LogP contribution in [0.15, 0.2) is 24.3 Å². The van der Waals surface area contributed by atoms with E-state index in [2.05, 4.69) is 10.6 Å². The van der Waals surface area contributed by atoms with Crippen LogP contribution in [0.2, 0.25) is 0 Å². The number of benzene rings is 1. The number of rotatable bonds is 6. The van der Waals surface area contributed by atoms with Crippen molar-refractivity contribution in [2.24, 2.45) is 5.92 Å². The maximum Gasteiger partial charge on any atom is 0.319 e. The fourth-order valence-electron chi connectivity index (χ4n) is 1.56. The van der Waals surface area contributed by atoms with Crippen LogP contribution in [0.3, 0.4) is 0 Å². The summed E-state index contributed by atoms with van der Waals surface area (Å²) < 4.78 is 5.41. The molecule has 1 aliphatic carbocycles. The van der Waals surface area contributed by atoms with Gasteiger partial charge in [-0.25, -0.2) is 4.79 Å². The molecular formula is C13H19N3O2. The van der Waals surface area contributed by atoms with Crippen LogP contribution >= 0.6 is 0 Å². The standard InChI is InChI=1S/C13H19N3O2/c14-11-2-1-3-12(8-11)16-13(17)15-6-7-18-9-10-4-5-10/h1-3,8,10H,4-7,9,14H2,(H2,15,16,17). The van der Waals surface area contributed by atoms with E-state index in [0.717, 1.165) is 12.5 Å². The van der Waals surface area contributed by atoms with E-state index in [1.807, 2.05) is 0 Å². The molecule has 2 amide bonds. The molecule has 2 rings (SSSR count). The van der Waals surface area contributed by atoms with Crippen molar-refractivity contribution in [1.82, 2.24) is 5.32 Å². The first-order valence-corrected chi connectivity index (χ1v) is 6.22. The van der Waals surface area contributed by atoms with Gasteiger partial charge in [-0.05, 0) is 37.0 Å². The molecule has 0 radical (unpaired) electrons. The molecule has 4 N–H and O–H groups in total. The first-order valence-electron chi connectivity index (χ1n) is 6.22. The first kappa shape index (κ1) is 12.7. The average molecular weight is 249 g/mol. The SMILES string of the molecule is Nc1cccc(NC(=O)NCCOCC2CC2)c1. The maximum atomic E-state index is 11.5. The lowest BCUT2D eigenvalue weighted by atomic mass is 10.3. The second-order valence-electron chi connectivity index (χ2n) is 4.52. The molecule has 0 atom stereocenters. The second kappa shape index (κ2) is 6.26. The van der Waals surface area contributed by atoms with E-state index in [1.54, 1.807) is 24.3 Å². The third-order valence-corrected chi connectivity index (χ3v) is 2.73. The van der Waals surface area contributed by atoms with Gasteiger partial charge in [0.2, 0.25) is 0 Å². The predicted molar refractivity (Wildman–Crippen MR) is 71.4 cm³/mol. The zero-order chi connectivity index (χ0) is 12.8. The summed E-state index contributed by atoms with van der Waals surface area (Å²) in [7, 11) is 0. The van der Waals surface area contributed by atoms with Crippen LogP contribution in [-0.2, 0) is 4.74 Å². The fraction of sp³-hybridized carbons (Fsp3) is 0.462. The van der Waals surface area contributed by atoms with Crippen LogP contribution in [0.4, 0.5) is 16.2 Å². The van der Waals surface area contributed by atoms with Gasteiger partial charge in [0, 0.05) is 24.5 Å². The summed E-state index contributed by atoms with van der Waals surface area (Å²) in [5.41, 5.74) is 6.93. The normalized spacial score (nSPS) is 14.2. The summed E-state index contributed by atoms with van der Waals surface area (Å²) in [5, 5.41) is 5.44. The number of carbonyl (C=O) groups excluding carboxylic acids is 1. The summed E-state index contributed by atoms with van der Waals surface area (Å²) in [4.78, 5) is 11.5. The smallest absolute Gasteiger partial charge is 0.319 e. The minimum Gasteiger partial charge on any atom is -0.399 e. The summed E-state index contributed by atoms with van der Waals surface area (Å²) >= 11 is 0. The molecule has 98 valence electrons. The van der Waals surface area contributed by atoms with Crippen LogP contribution in [0, 0.1) is 5.92 Å². The van der Waals surface area contributed by atoms with Crippen molar-refractivity contribution < 1.29 is 9.53 Å². The molecule has 5 heteroatoms. The molecular weight excluding hydrogens is 230 g/mol. The number of hydrogen-bond donors (Lipinski definition) is 3. The van der Waals surface area contributed by atoms with Crippen LogP contribution in [0.1, 0.15) is 12.8 Å². The van der Waals surface area contributed by atoms with Gasteiger partial charge < -0.3 is 21.1 Å². The van der Waals surface area contributed by atoms with Crippen molar-refractivity contribution in [3.05, 3.63) is 24.3 Å². The number of ether oxygens (including phenoxy) is 1. The molecule has 18 heavy (non-hydrogen) atoms. The third-order valence-electron chi connectivity index (χ3n) is 2.73. The van der Waals surface area contributed by atoms with Gasteiger partial charge in [-0.3, -0.25) is 0 Å². The van der Waals surface area contributed by atoms with Gasteiger partial charge in [0.15, 0.2) is 0 Å². The predicted octanol–water partition coefficient (Wildman–Crippen LogP) is 1.82. The molecule has 5 nitrogen and oxygen atoms in total. The van der Waals surface area contributed by atoms with Gasteiger partial charge in [0.1, 0.15) is 0 Å². The average Bonchev–Trinajstić information content (AvgIpc) is 3.12. The Morgan fingerprint density at radius 1 is 1.44 bits per heavy atom. The second-order valence-corrected chi connectivity index (χ2v) is 4.52. The van der Waals surface area contributed by atoms with E-state index >= 15 is 0 Å². The number of nitrogens with one attached hydrogen (secondary N) is 2. The molecule has 1 aromatic rings. The number of amides is 2. The van der Waals surface area contributed by atoms with Gasteiger partial charge in [-0.1, -0.05) is 6.07 Å². The third kappa shape index (κ3) is 4.63. The number of anilines is 2. The lowest BCUT2D eigenvalue weighted by molar-refractivity contribution is 0.127. The minimum absolute atomic E-state index is 0.240. The quantitative estimate of drug-likeness (QED) is 0.531. The van der Waals surface area contributed by atoms with Gasteiger partial charge in [0.25, 0.3) is 0 Å². The summed E-state index contributed by atoms with van der Waals surface area (Å²) in [5.74, 6) is 0.756. The van der Waals surface area contributed by atoms with Crippen LogP contribution < -0.4 is 16.4 Å². The van der Waals surface area contributed by atoms with Crippen molar-refractivity contribution in [2.75, 3.05) is 30.8 Å². The summed E-state index contributed by atoms with van der Waals surface area (Å²) in [6.07, 6.45) is 2.56. The Bertz CT molecular complexity index is 405. The highest BCUT2D eigenvalue weighted by Crippen LogP contribution is 2.28. The molecule has 1 aliphatic rings. The van der Waals surface area contributed by atoms with Crippen LogP contribution in [0.5, 0.6) is 0 Å². The van der Waals surface area contributed by atoms with Crippen LogP contribution in [0.25, 0.3) is 0 Å². The van der Waals surface area contributed by atoms with Crippen molar-refractivity contribution in [3.63, 3.8) is 0 Å². The fourth-order valence-corrected chi connectivity index (χ4v) is 1.56. The summed E-state index contributed by atoms with van der Waals surface area (Å²) in [6.45, 7) is 1.89. The number of urea groups is 1. The van der Waals surface area contributed by atoms with Crippen LogP contribution in [-0.4, -0.2) is 25.8 Å². The Balaban J connectivity index is 1.59. The molecule has 1 aromatic carbocycles. The number of carbonyl (C=O) groups is 1. The lowest BCUT2D eigenvalue weighted by Gasteiger charge is -2.08. The molecule has 1 saturated carbocycles. The highest BCUT2D eigenvalue weighted by molar-refractivity contribution is 5.89. The Hall–Kier alpha value is -1.75. The van der Waals surface area contributed by atoms with Gasteiger partial charge in [-0.15, -0.1) is 0 Å². The van der Waals surface area contributed by atoms with Crippen molar-refractivity contribution in [2.45, 2.75) is 12.8 Å². The summed E-state index contributed by atoms with van der Waals surface area (Å²) in [6, 6.07) is 6.83. The first-order chi connectivity index (χ1) is 8.74. The topological polar surface area (TPSA) is 76.4 Å². The Morgan fingerprint density at radius 3 is 3.00 bits per heavy atom. The number of nitrogen functional groups attached to an aromatic ring is 1. The highest BCUT2D eigenvalue weighted by atomic mass is 16.5. The molecule has 0 saturated heterocycles. The largest absolute Gasteiger partial charge is 0.399 e. The molecule has 0 spiro atoms.